The zero-order chi connectivity index (χ0) is 12.6. The maximum Gasteiger partial charge on any atom is 0.213 e. The van der Waals surface area contributed by atoms with Crippen LogP contribution in [0.4, 0.5) is 0 Å². The van der Waals surface area contributed by atoms with Gasteiger partial charge in [0.15, 0.2) is 5.69 Å². The molecule has 5 nitrogen and oxygen atoms in total. The molecule has 0 atom stereocenters. The zero-order valence-corrected chi connectivity index (χ0v) is 11.1. The number of hydrogen-bond donors (Lipinski definition) is 0. The number of ether oxygens (including phenoxy) is 1. The number of fused-ring (bicyclic) bond motifs is 1. The molecule has 0 saturated heterocycles. The molecule has 0 aromatic carbocycles. The van der Waals surface area contributed by atoms with Gasteiger partial charge < -0.3 is 4.74 Å². The van der Waals surface area contributed by atoms with E-state index in [9.17, 15) is 5.26 Å². The largest absolute Gasteiger partial charge is 0.377 e. The van der Waals surface area contributed by atoms with Crippen LogP contribution in [0.15, 0.2) is 0 Å². The minimum atomic E-state index is -0.153. The molecule has 0 aliphatic rings. The topological polar surface area (TPSA) is 63.2 Å². The van der Waals surface area contributed by atoms with Gasteiger partial charge >= 0.3 is 0 Å². The predicted molar refractivity (Wildman–Crippen MR) is 65.0 cm³/mol. The molecule has 0 N–H and O–H groups in total. The second-order valence-corrected chi connectivity index (χ2v) is 5.83. The predicted octanol–water partition coefficient (Wildman–Crippen LogP) is 2.11. The highest BCUT2D eigenvalue weighted by Crippen LogP contribution is 2.27. The first-order chi connectivity index (χ1) is 7.97. The maximum atomic E-state index is 9.23. The van der Waals surface area contributed by atoms with Crippen molar-refractivity contribution in [1.29, 1.82) is 5.26 Å². The highest BCUT2D eigenvalue weighted by molar-refractivity contribution is 7.16. The van der Waals surface area contributed by atoms with Crippen LogP contribution in [0.1, 0.15) is 37.2 Å². The number of nitriles is 1. The lowest BCUT2D eigenvalue weighted by Gasteiger charge is -2.14. The van der Waals surface area contributed by atoms with Crippen LogP contribution in [0.2, 0.25) is 0 Å². The summed E-state index contributed by atoms with van der Waals surface area (Å²) in [6.45, 7) is 6.56. The number of imidazole rings is 1. The fraction of sp³-hybridized carbons (Fsp3) is 0.545. The third-order valence-corrected chi connectivity index (χ3v) is 3.21. The van der Waals surface area contributed by atoms with Crippen LogP contribution in [0, 0.1) is 11.3 Å². The van der Waals surface area contributed by atoms with Gasteiger partial charge in [-0.2, -0.15) is 14.9 Å². The van der Waals surface area contributed by atoms with Crippen LogP contribution in [-0.4, -0.2) is 21.7 Å². The van der Waals surface area contributed by atoms with Crippen molar-refractivity contribution >= 4 is 16.3 Å². The van der Waals surface area contributed by atoms with Crippen LogP contribution >= 0.6 is 11.3 Å². The summed E-state index contributed by atoms with van der Waals surface area (Å²) >= 11 is 1.45. The Kier molecular flexibility index (Phi) is 2.89. The lowest BCUT2D eigenvalue weighted by Crippen LogP contribution is -2.14. The summed E-state index contributed by atoms with van der Waals surface area (Å²) in [6, 6.07) is 2.18. The summed E-state index contributed by atoms with van der Waals surface area (Å²) in [7, 11) is 1.62. The van der Waals surface area contributed by atoms with Crippen molar-refractivity contribution in [1.82, 2.24) is 14.6 Å². The van der Waals surface area contributed by atoms with Gasteiger partial charge in [-0.05, 0) is 0 Å². The van der Waals surface area contributed by atoms with Gasteiger partial charge in [-0.15, -0.1) is 0 Å². The number of hydrogen-bond acceptors (Lipinski definition) is 5. The molecular formula is C11H14N4OS. The molecule has 0 fully saturated rings. The van der Waals surface area contributed by atoms with E-state index in [0.29, 0.717) is 12.3 Å². The lowest BCUT2D eigenvalue weighted by atomic mass is 9.91. The van der Waals surface area contributed by atoms with Crippen molar-refractivity contribution in [2.45, 2.75) is 32.8 Å². The van der Waals surface area contributed by atoms with Crippen molar-refractivity contribution in [2.75, 3.05) is 7.11 Å². The molecule has 0 amide bonds. The summed E-state index contributed by atoms with van der Waals surface area (Å²) in [5.74, 6) is 0. The van der Waals surface area contributed by atoms with E-state index < -0.39 is 0 Å². The minimum Gasteiger partial charge on any atom is -0.377 e. The number of nitrogens with zero attached hydrogens (tertiary/aromatic N) is 4. The van der Waals surface area contributed by atoms with E-state index in [4.69, 9.17) is 4.74 Å². The second kappa shape index (κ2) is 4.09. The van der Waals surface area contributed by atoms with Crippen LogP contribution in [0.25, 0.3) is 4.96 Å². The average molecular weight is 250 g/mol. The lowest BCUT2D eigenvalue weighted by molar-refractivity contribution is 0.183. The zero-order valence-electron chi connectivity index (χ0n) is 10.3. The quantitative estimate of drug-likeness (QED) is 0.819. The first kappa shape index (κ1) is 12.0. The van der Waals surface area contributed by atoms with Gasteiger partial charge in [0.05, 0.1) is 12.3 Å². The van der Waals surface area contributed by atoms with E-state index in [1.807, 2.05) is 20.8 Å². The monoisotopic (exact) mass is 250 g/mol. The molecule has 0 aliphatic heterocycles. The molecule has 0 saturated carbocycles. The van der Waals surface area contributed by atoms with Gasteiger partial charge in [0.25, 0.3) is 0 Å². The summed E-state index contributed by atoms with van der Waals surface area (Å²) in [5, 5.41) is 14.4. The van der Waals surface area contributed by atoms with Crippen LogP contribution in [-0.2, 0) is 16.8 Å². The maximum absolute atomic E-state index is 9.23. The van der Waals surface area contributed by atoms with E-state index in [1.54, 1.807) is 11.6 Å². The Morgan fingerprint density at radius 3 is 2.71 bits per heavy atom. The van der Waals surface area contributed by atoms with Gasteiger partial charge in [-0.3, -0.25) is 0 Å². The van der Waals surface area contributed by atoms with E-state index in [-0.39, 0.29) is 5.41 Å². The Bertz CT molecular complexity index is 585. The van der Waals surface area contributed by atoms with Gasteiger partial charge in [0.2, 0.25) is 4.96 Å². The molecule has 6 heteroatoms. The molecule has 0 spiro atoms. The Labute approximate surface area is 104 Å². The van der Waals surface area contributed by atoms with E-state index in [0.717, 1.165) is 15.7 Å². The minimum absolute atomic E-state index is 0.153. The molecule has 0 aliphatic carbocycles. The van der Waals surface area contributed by atoms with Crippen molar-refractivity contribution in [3.05, 3.63) is 16.4 Å². The van der Waals surface area contributed by atoms with Gasteiger partial charge in [0.1, 0.15) is 11.1 Å². The number of rotatable bonds is 2. The smallest absolute Gasteiger partial charge is 0.213 e. The Balaban J connectivity index is 2.61. The Morgan fingerprint density at radius 2 is 2.18 bits per heavy atom. The highest BCUT2D eigenvalue weighted by atomic mass is 32.1. The first-order valence-corrected chi connectivity index (χ1v) is 6.07. The Morgan fingerprint density at radius 1 is 1.47 bits per heavy atom. The highest BCUT2D eigenvalue weighted by Gasteiger charge is 2.25. The van der Waals surface area contributed by atoms with Crippen LogP contribution < -0.4 is 0 Å². The van der Waals surface area contributed by atoms with Crippen molar-refractivity contribution < 1.29 is 4.74 Å². The summed E-state index contributed by atoms with van der Waals surface area (Å²) in [5.41, 5.74) is 1.16. The average Bonchev–Trinajstić information content (AvgIpc) is 2.73. The fourth-order valence-electron chi connectivity index (χ4n) is 1.59. The molecule has 2 aromatic heterocycles. The van der Waals surface area contributed by atoms with Gasteiger partial charge in [0, 0.05) is 12.5 Å². The summed E-state index contributed by atoms with van der Waals surface area (Å²) in [6.07, 6.45) is 0. The molecular weight excluding hydrogens is 236 g/mol. The number of aromatic nitrogens is 3. The SMILES string of the molecule is COCc1nn2c(C#N)c(C(C)(C)C)nc2s1. The third-order valence-electron chi connectivity index (χ3n) is 2.33. The molecule has 2 heterocycles. The molecule has 0 unspecified atom stereocenters. The van der Waals surface area contributed by atoms with Crippen LogP contribution in [0.3, 0.4) is 0 Å². The summed E-state index contributed by atoms with van der Waals surface area (Å²) in [4.78, 5) is 5.25. The molecule has 2 rings (SSSR count). The van der Waals surface area contributed by atoms with Crippen LogP contribution in [0.5, 0.6) is 0 Å². The van der Waals surface area contributed by atoms with Gasteiger partial charge in [-0.25, -0.2) is 4.98 Å². The number of methoxy groups -OCH3 is 1. The van der Waals surface area contributed by atoms with Crippen molar-refractivity contribution in [2.24, 2.45) is 0 Å². The molecule has 2 aromatic rings. The van der Waals surface area contributed by atoms with E-state index in [1.165, 1.54) is 11.3 Å². The first-order valence-electron chi connectivity index (χ1n) is 5.25. The molecule has 90 valence electrons. The van der Waals surface area contributed by atoms with Crippen molar-refractivity contribution in [3.8, 4) is 6.07 Å². The van der Waals surface area contributed by atoms with Crippen molar-refractivity contribution in [3.63, 3.8) is 0 Å². The molecule has 17 heavy (non-hydrogen) atoms. The second-order valence-electron chi connectivity index (χ2n) is 4.79. The standard InChI is InChI=1S/C11H14N4OS/c1-11(2,3)9-7(5-12)15-10(13-9)17-8(14-15)6-16-4/h6H2,1-4H3. The normalized spacial score (nSPS) is 11.9. The third kappa shape index (κ3) is 2.04. The molecule has 0 radical (unpaired) electrons. The summed E-state index contributed by atoms with van der Waals surface area (Å²) < 4.78 is 6.63. The Hall–Kier alpha value is -1.45. The molecule has 0 bridgehead atoms. The fourth-order valence-corrected chi connectivity index (χ4v) is 2.46. The van der Waals surface area contributed by atoms with E-state index >= 15 is 0 Å². The van der Waals surface area contributed by atoms with E-state index in [2.05, 4.69) is 16.2 Å². The van der Waals surface area contributed by atoms with Gasteiger partial charge in [-0.1, -0.05) is 32.1 Å².